The maximum Gasteiger partial charge on any atom is 0.248 e. The molecule has 2 rings (SSSR count). The van der Waals surface area contributed by atoms with Crippen LogP contribution in [-0.2, 0) is 0 Å². The molecule has 0 spiro atoms. The maximum atomic E-state index is 13.2. The smallest absolute Gasteiger partial charge is 0.248 e. The van der Waals surface area contributed by atoms with Crippen molar-refractivity contribution in [2.45, 2.75) is 44.6 Å². The van der Waals surface area contributed by atoms with Gasteiger partial charge in [-0.2, -0.15) is 0 Å². The Hall–Kier alpha value is -0.960. The van der Waals surface area contributed by atoms with Gasteiger partial charge in [0.1, 0.15) is 0 Å². The third-order valence-corrected chi connectivity index (χ3v) is 3.98. The summed E-state index contributed by atoms with van der Waals surface area (Å²) in [5.41, 5.74) is 2.43. The Kier molecular flexibility index (Phi) is 4.00. The van der Waals surface area contributed by atoms with E-state index in [1.165, 1.54) is 11.1 Å². The molecule has 1 unspecified atom stereocenters. The van der Waals surface area contributed by atoms with Crippen LogP contribution in [-0.4, -0.2) is 13.0 Å². The highest BCUT2D eigenvalue weighted by Gasteiger charge is 2.37. The van der Waals surface area contributed by atoms with Crippen LogP contribution in [0.25, 0.3) is 0 Å². The second-order valence-electron chi connectivity index (χ2n) is 5.37. The molecule has 1 atom stereocenters. The van der Waals surface area contributed by atoms with Gasteiger partial charge >= 0.3 is 0 Å². The van der Waals surface area contributed by atoms with E-state index >= 15 is 0 Å². The van der Waals surface area contributed by atoms with Gasteiger partial charge in [0.25, 0.3) is 0 Å². The second kappa shape index (κ2) is 5.35. The average Bonchev–Trinajstić information content (AvgIpc) is 2.34. The minimum Gasteiger partial charge on any atom is -0.313 e. The van der Waals surface area contributed by atoms with Gasteiger partial charge in [-0.1, -0.05) is 29.8 Å². The maximum absolute atomic E-state index is 13.2. The van der Waals surface area contributed by atoms with Crippen LogP contribution in [0.15, 0.2) is 24.3 Å². The fourth-order valence-electron chi connectivity index (χ4n) is 2.84. The largest absolute Gasteiger partial charge is 0.313 e. The van der Waals surface area contributed by atoms with Gasteiger partial charge in [-0.3, -0.25) is 0 Å². The summed E-state index contributed by atoms with van der Waals surface area (Å²) in [7, 11) is 1.91. The summed E-state index contributed by atoms with van der Waals surface area (Å²) < 4.78 is 26.4. The standard InChI is InChI=1S/C15H21F2N/c1-11-3-5-12(6-4-11)14(18-2)13-7-9-15(16,17)10-8-13/h3-6,13-14,18H,7-10H2,1-2H3. The van der Waals surface area contributed by atoms with E-state index in [9.17, 15) is 8.78 Å². The van der Waals surface area contributed by atoms with Crippen LogP contribution in [0, 0.1) is 12.8 Å². The number of alkyl halides is 2. The van der Waals surface area contributed by atoms with E-state index < -0.39 is 5.92 Å². The molecule has 18 heavy (non-hydrogen) atoms. The molecule has 1 aromatic rings. The molecule has 1 nitrogen and oxygen atoms in total. The molecule has 0 heterocycles. The highest BCUT2D eigenvalue weighted by Crippen LogP contribution is 2.41. The number of hydrogen-bond donors (Lipinski definition) is 1. The van der Waals surface area contributed by atoms with E-state index in [0.29, 0.717) is 18.8 Å². The van der Waals surface area contributed by atoms with Crippen molar-refractivity contribution in [2.24, 2.45) is 5.92 Å². The minimum atomic E-state index is -2.44. The number of hydrogen-bond acceptors (Lipinski definition) is 1. The molecule has 1 N–H and O–H groups in total. The van der Waals surface area contributed by atoms with E-state index in [1.807, 2.05) is 7.05 Å². The van der Waals surface area contributed by atoms with Gasteiger partial charge < -0.3 is 5.32 Å². The predicted molar refractivity (Wildman–Crippen MR) is 69.9 cm³/mol. The summed E-state index contributed by atoms with van der Waals surface area (Å²) in [6.45, 7) is 2.05. The second-order valence-corrected chi connectivity index (χ2v) is 5.37. The molecule has 0 bridgehead atoms. The van der Waals surface area contributed by atoms with Crippen molar-refractivity contribution >= 4 is 0 Å². The van der Waals surface area contributed by atoms with Crippen LogP contribution in [0.4, 0.5) is 8.78 Å². The van der Waals surface area contributed by atoms with Crippen molar-refractivity contribution in [3.63, 3.8) is 0 Å². The lowest BCUT2D eigenvalue weighted by Crippen LogP contribution is -2.32. The lowest BCUT2D eigenvalue weighted by molar-refractivity contribution is -0.0495. The minimum absolute atomic E-state index is 0.0295. The summed E-state index contributed by atoms with van der Waals surface area (Å²) in [4.78, 5) is 0. The molecule has 1 fully saturated rings. The lowest BCUT2D eigenvalue weighted by Gasteiger charge is -2.34. The SMILES string of the molecule is CNC(c1ccc(C)cc1)C1CCC(F)(F)CC1. The van der Waals surface area contributed by atoms with Crippen LogP contribution in [0.1, 0.15) is 42.9 Å². The molecule has 1 aromatic carbocycles. The molecule has 1 aliphatic carbocycles. The Labute approximate surface area is 108 Å². The van der Waals surface area contributed by atoms with Gasteiger partial charge in [0.2, 0.25) is 5.92 Å². The molecule has 0 aliphatic heterocycles. The molecule has 100 valence electrons. The number of rotatable bonds is 3. The van der Waals surface area contributed by atoms with Gasteiger partial charge in [0, 0.05) is 18.9 Å². The van der Waals surface area contributed by atoms with Crippen molar-refractivity contribution < 1.29 is 8.78 Å². The summed E-state index contributed by atoms with van der Waals surface area (Å²) in [5, 5.41) is 3.29. The number of halogens is 2. The molecule has 0 radical (unpaired) electrons. The van der Waals surface area contributed by atoms with Gasteiger partial charge in [0.15, 0.2) is 0 Å². The number of aryl methyl sites for hydroxylation is 1. The number of nitrogens with one attached hydrogen (secondary N) is 1. The zero-order chi connectivity index (χ0) is 13.2. The zero-order valence-electron chi connectivity index (χ0n) is 11.0. The Balaban J connectivity index is 2.08. The van der Waals surface area contributed by atoms with Crippen molar-refractivity contribution in [1.29, 1.82) is 0 Å². The van der Waals surface area contributed by atoms with Crippen LogP contribution >= 0.6 is 0 Å². The average molecular weight is 253 g/mol. The Morgan fingerprint density at radius 3 is 2.22 bits per heavy atom. The van der Waals surface area contributed by atoms with Crippen LogP contribution in [0.5, 0.6) is 0 Å². The van der Waals surface area contributed by atoms with E-state index in [0.717, 1.165) is 0 Å². The van der Waals surface area contributed by atoms with Crippen molar-refractivity contribution in [2.75, 3.05) is 7.05 Å². The van der Waals surface area contributed by atoms with Crippen LogP contribution in [0.2, 0.25) is 0 Å². The Morgan fingerprint density at radius 2 is 1.72 bits per heavy atom. The molecule has 0 saturated heterocycles. The summed E-state index contributed by atoms with van der Waals surface area (Å²) in [6, 6.07) is 8.56. The Morgan fingerprint density at radius 1 is 1.17 bits per heavy atom. The quantitative estimate of drug-likeness (QED) is 0.855. The number of benzene rings is 1. The first-order valence-electron chi connectivity index (χ1n) is 6.63. The molecule has 0 aromatic heterocycles. The molecule has 0 amide bonds. The van der Waals surface area contributed by atoms with Gasteiger partial charge in [-0.25, -0.2) is 8.78 Å². The molecule has 1 saturated carbocycles. The molecule has 1 aliphatic rings. The monoisotopic (exact) mass is 253 g/mol. The summed E-state index contributed by atoms with van der Waals surface area (Å²) >= 11 is 0. The first-order valence-corrected chi connectivity index (χ1v) is 6.63. The van der Waals surface area contributed by atoms with Crippen molar-refractivity contribution in [3.8, 4) is 0 Å². The molecular formula is C15H21F2N. The summed E-state index contributed by atoms with van der Waals surface area (Å²) in [6.07, 6.45) is 1.27. The normalized spacial score (nSPS) is 21.8. The topological polar surface area (TPSA) is 12.0 Å². The van der Waals surface area contributed by atoms with Gasteiger partial charge in [-0.15, -0.1) is 0 Å². The fourth-order valence-corrected chi connectivity index (χ4v) is 2.84. The zero-order valence-corrected chi connectivity index (χ0v) is 11.0. The van der Waals surface area contributed by atoms with Crippen LogP contribution in [0.3, 0.4) is 0 Å². The highest BCUT2D eigenvalue weighted by atomic mass is 19.3. The van der Waals surface area contributed by atoms with E-state index in [4.69, 9.17) is 0 Å². The first kappa shape index (κ1) is 13.5. The summed E-state index contributed by atoms with van der Waals surface area (Å²) in [5.74, 6) is -2.13. The van der Waals surface area contributed by atoms with Gasteiger partial charge in [-0.05, 0) is 38.3 Å². The van der Waals surface area contributed by atoms with E-state index in [-0.39, 0.29) is 18.9 Å². The van der Waals surface area contributed by atoms with Gasteiger partial charge in [0.05, 0.1) is 0 Å². The predicted octanol–water partition coefficient (Wildman–Crippen LogP) is 4.08. The van der Waals surface area contributed by atoms with Crippen molar-refractivity contribution in [3.05, 3.63) is 35.4 Å². The third kappa shape index (κ3) is 3.08. The molecule has 3 heteroatoms. The Bertz CT molecular complexity index is 376. The van der Waals surface area contributed by atoms with Crippen molar-refractivity contribution in [1.82, 2.24) is 5.32 Å². The van der Waals surface area contributed by atoms with E-state index in [2.05, 4.69) is 36.5 Å². The highest BCUT2D eigenvalue weighted by molar-refractivity contribution is 5.24. The van der Waals surface area contributed by atoms with E-state index in [1.54, 1.807) is 0 Å². The fraction of sp³-hybridized carbons (Fsp3) is 0.600. The molecular weight excluding hydrogens is 232 g/mol. The first-order chi connectivity index (χ1) is 8.52. The third-order valence-electron chi connectivity index (χ3n) is 3.98. The van der Waals surface area contributed by atoms with Crippen LogP contribution < -0.4 is 5.32 Å². The lowest BCUT2D eigenvalue weighted by atomic mass is 9.79.